The number of amides is 2. The number of carbonyl (C=O) groups is 1. The first kappa shape index (κ1) is 26.9. The number of carbonyl (C=O) groups excluding carboxylic acids is 1. The van der Waals surface area contributed by atoms with Gasteiger partial charge >= 0.3 is 6.03 Å². The van der Waals surface area contributed by atoms with E-state index in [9.17, 15) is 4.79 Å². The number of hydrogen-bond donors (Lipinski definition) is 1. The van der Waals surface area contributed by atoms with Crippen molar-refractivity contribution in [2.24, 2.45) is 0 Å². The lowest BCUT2D eigenvalue weighted by atomic mass is 9.73. The van der Waals surface area contributed by atoms with E-state index in [-0.39, 0.29) is 40.3 Å². The Morgan fingerprint density at radius 2 is 1.12 bits per heavy atom. The van der Waals surface area contributed by atoms with Crippen LogP contribution in [-0.4, -0.2) is 74.6 Å². The molecule has 0 unspecified atom stereocenters. The van der Waals surface area contributed by atoms with Crippen LogP contribution in [0, 0.1) is 0 Å². The zero-order chi connectivity index (χ0) is 24.5. The van der Waals surface area contributed by atoms with Crippen LogP contribution in [0.15, 0.2) is 25.3 Å². The molecular weight excluding hydrogens is 396 g/mol. The average Bonchev–Trinajstić information content (AvgIpc) is 2.60. The Bertz CT molecular complexity index is 608. The van der Waals surface area contributed by atoms with Crippen molar-refractivity contribution in [1.29, 1.82) is 0 Å². The number of nitrogens with zero attached hydrogens (tertiary/aromatic N) is 3. The minimum absolute atomic E-state index is 0.0140. The number of piperidine rings is 2. The van der Waals surface area contributed by atoms with Gasteiger partial charge < -0.3 is 10.2 Å². The van der Waals surface area contributed by atoms with Gasteiger partial charge in [-0.25, -0.2) is 4.79 Å². The summed E-state index contributed by atoms with van der Waals surface area (Å²) in [5.41, 5.74) is -0.0558. The van der Waals surface area contributed by atoms with Crippen molar-refractivity contribution < 1.29 is 4.79 Å². The summed E-state index contributed by atoms with van der Waals surface area (Å²) in [6.45, 7) is 30.9. The quantitative estimate of drug-likeness (QED) is 0.530. The normalized spacial score (nSPS) is 25.8. The lowest BCUT2D eigenvalue weighted by Gasteiger charge is -2.60. The first-order chi connectivity index (χ1) is 14.6. The van der Waals surface area contributed by atoms with Crippen LogP contribution in [0.2, 0.25) is 0 Å². The van der Waals surface area contributed by atoms with Gasteiger partial charge in [0.05, 0.1) is 0 Å². The van der Waals surface area contributed by atoms with Gasteiger partial charge in [-0.1, -0.05) is 12.2 Å². The minimum Gasteiger partial charge on any atom is -0.338 e. The third kappa shape index (κ3) is 5.41. The van der Waals surface area contributed by atoms with Gasteiger partial charge in [0.25, 0.3) is 0 Å². The summed E-state index contributed by atoms with van der Waals surface area (Å²) in [7, 11) is 0. The van der Waals surface area contributed by atoms with Crippen molar-refractivity contribution in [3.8, 4) is 0 Å². The lowest BCUT2D eigenvalue weighted by molar-refractivity contribution is -0.0860. The summed E-state index contributed by atoms with van der Waals surface area (Å²) in [6.07, 6.45) is 7.88. The van der Waals surface area contributed by atoms with E-state index < -0.39 is 0 Å². The minimum atomic E-state index is -0.0140. The molecule has 184 valence electrons. The second kappa shape index (κ2) is 9.50. The molecule has 5 nitrogen and oxygen atoms in total. The Kier molecular flexibility index (Phi) is 7.99. The van der Waals surface area contributed by atoms with Gasteiger partial charge in [0.15, 0.2) is 0 Å². The average molecular weight is 447 g/mol. The van der Waals surface area contributed by atoms with Crippen LogP contribution in [-0.2, 0) is 0 Å². The van der Waals surface area contributed by atoms with E-state index in [0.29, 0.717) is 6.54 Å². The van der Waals surface area contributed by atoms with Crippen LogP contribution in [0.25, 0.3) is 0 Å². The van der Waals surface area contributed by atoms with E-state index in [1.54, 1.807) is 0 Å². The molecule has 0 aromatic heterocycles. The summed E-state index contributed by atoms with van der Waals surface area (Å²) >= 11 is 0. The number of nitrogens with one attached hydrogen (secondary N) is 1. The second-order valence-corrected chi connectivity index (χ2v) is 12.4. The molecule has 0 atom stereocenters. The molecule has 2 amide bonds. The summed E-state index contributed by atoms with van der Waals surface area (Å²) in [5.74, 6) is 0. The zero-order valence-corrected chi connectivity index (χ0v) is 22.4. The van der Waals surface area contributed by atoms with Gasteiger partial charge in [0.2, 0.25) is 0 Å². The highest BCUT2D eigenvalue weighted by atomic mass is 16.2. The highest BCUT2D eigenvalue weighted by Gasteiger charge is 2.52. The van der Waals surface area contributed by atoms with Gasteiger partial charge in [-0.2, -0.15) is 0 Å². The number of likely N-dealkylation sites (tertiary alicyclic amines) is 2. The van der Waals surface area contributed by atoms with Gasteiger partial charge in [-0.3, -0.25) is 9.80 Å². The molecule has 32 heavy (non-hydrogen) atoms. The molecule has 2 heterocycles. The molecule has 0 saturated carbocycles. The molecule has 2 rings (SSSR count). The Balaban J connectivity index is 2.44. The topological polar surface area (TPSA) is 38.8 Å². The van der Waals surface area contributed by atoms with Crippen molar-refractivity contribution >= 4 is 6.03 Å². The number of urea groups is 1. The van der Waals surface area contributed by atoms with Gasteiger partial charge in [-0.05, 0) is 88.0 Å². The van der Waals surface area contributed by atoms with Crippen LogP contribution in [0.1, 0.15) is 88.0 Å². The summed E-state index contributed by atoms with van der Waals surface area (Å²) in [6, 6.07) is 0.500. The highest BCUT2D eigenvalue weighted by Crippen LogP contribution is 2.45. The molecule has 0 aromatic rings. The van der Waals surface area contributed by atoms with Gasteiger partial charge in [-0.15, -0.1) is 13.2 Å². The van der Waals surface area contributed by atoms with E-state index in [1.807, 2.05) is 19.1 Å². The Labute approximate surface area is 198 Å². The molecule has 2 aliphatic heterocycles. The molecule has 0 radical (unpaired) electrons. The standard InChI is InChI=1S/C27H50N4O/c1-12-15-29-24(4,5)17-21(18-25(29,6)7)31(23(32)28-14-3)22-19-26(8,9)30(16-13-2)27(10,11)20-22/h12-13,21-22H,1-2,14-20H2,3-11H3,(H,28,32). The summed E-state index contributed by atoms with van der Waals surface area (Å²) in [5, 5.41) is 3.15. The van der Waals surface area contributed by atoms with E-state index in [2.05, 4.69) is 88.6 Å². The van der Waals surface area contributed by atoms with Crippen LogP contribution in [0.4, 0.5) is 4.79 Å². The molecule has 5 heteroatoms. The Morgan fingerprint density at radius 1 is 0.812 bits per heavy atom. The maximum atomic E-state index is 13.6. The van der Waals surface area contributed by atoms with Crippen molar-refractivity contribution in [3.05, 3.63) is 25.3 Å². The van der Waals surface area contributed by atoms with Crippen LogP contribution >= 0.6 is 0 Å². The molecule has 0 spiro atoms. The van der Waals surface area contributed by atoms with E-state index in [0.717, 1.165) is 38.8 Å². The fraction of sp³-hybridized carbons (Fsp3) is 0.815. The lowest BCUT2D eigenvalue weighted by Crippen LogP contribution is -2.69. The fourth-order valence-electron chi connectivity index (χ4n) is 7.04. The summed E-state index contributed by atoms with van der Waals surface area (Å²) in [4.78, 5) is 20.9. The van der Waals surface area contributed by atoms with E-state index in [1.165, 1.54) is 0 Å². The molecule has 2 aliphatic rings. The Morgan fingerprint density at radius 3 is 1.38 bits per heavy atom. The molecule has 0 aliphatic carbocycles. The molecule has 1 N–H and O–H groups in total. The molecule has 2 saturated heterocycles. The van der Waals surface area contributed by atoms with E-state index in [4.69, 9.17) is 0 Å². The first-order valence-corrected chi connectivity index (χ1v) is 12.5. The third-order valence-electron chi connectivity index (χ3n) is 7.84. The third-order valence-corrected chi connectivity index (χ3v) is 7.84. The van der Waals surface area contributed by atoms with Crippen molar-refractivity contribution in [2.75, 3.05) is 19.6 Å². The first-order valence-electron chi connectivity index (χ1n) is 12.5. The summed E-state index contributed by atoms with van der Waals surface area (Å²) < 4.78 is 0. The highest BCUT2D eigenvalue weighted by molar-refractivity contribution is 5.75. The van der Waals surface area contributed by atoms with Crippen LogP contribution < -0.4 is 5.32 Å². The smallest absolute Gasteiger partial charge is 0.317 e. The van der Waals surface area contributed by atoms with Crippen LogP contribution in [0.5, 0.6) is 0 Å². The van der Waals surface area contributed by atoms with Gasteiger partial charge in [0, 0.05) is 53.9 Å². The largest absolute Gasteiger partial charge is 0.338 e. The fourth-order valence-corrected chi connectivity index (χ4v) is 7.04. The second-order valence-electron chi connectivity index (χ2n) is 12.4. The monoisotopic (exact) mass is 446 g/mol. The number of hydrogen-bond acceptors (Lipinski definition) is 3. The Hall–Kier alpha value is -1.33. The molecular formula is C27H50N4O. The van der Waals surface area contributed by atoms with Crippen molar-refractivity contribution in [1.82, 2.24) is 20.0 Å². The van der Waals surface area contributed by atoms with Crippen molar-refractivity contribution in [3.63, 3.8) is 0 Å². The predicted molar refractivity (Wildman–Crippen MR) is 137 cm³/mol. The zero-order valence-electron chi connectivity index (χ0n) is 22.4. The van der Waals surface area contributed by atoms with Crippen LogP contribution in [0.3, 0.4) is 0 Å². The molecule has 0 bridgehead atoms. The van der Waals surface area contributed by atoms with E-state index >= 15 is 0 Å². The number of rotatable bonds is 7. The maximum absolute atomic E-state index is 13.6. The molecule has 0 aromatic carbocycles. The predicted octanol–water partition coefficient (Wildman–Crippen LogP) is 5.43. The SMILES string of the molecule is C=CCN1C(C)(C)CC(N(C(=O)NCC)C2CC(C)(C)N(CC=C)C(C)(C)C2)CC1(C)C. The van der Waals surface area contributed by atoms with Gasteiger partial charge in [0.1, 0.15) is 0 Å². The van der Waals surface area contributed by atoms with Crippen molar-refractivity contribution in [2.45, 2.75) is 122 Å². The maximum Gasteiger partial charge on any atom is 0.317 e. The molecule has 2 fully saturated rings.